The molecule has 2 heterocycles. The number of thiophene rings is 1. The van der Waals surface area contributed by atoms with Gasteiger partial charge in [0.2, 0.25) is 0 Å². The van der Waals surface area contributed by atoms with Gasteiger partial charge in [0.05, 0.1) is 30.4 Å². The summed E-state index contributed by atoms with van der Waals surface area (Å²) in [5.41, 5.74) is 0.224. The molecule has 0 bridgehead atoms. The largest absolute Gasteiger partial charge is 0.462 e. The molecular weight excluding hydrogens is 343 g/mol. The molecule has 0 fully saturated rings. The zero-order valence-corrected chi connectivity index (χ0v) is 14.5. The van der Waals surface area contributed by atoms with Gasteiger partial charge in [-0.15, -0.1) is 11.3 Å². The fourth-order valence-corrected chi connectivity index (χ4v) is 3.29. The molecule has 0 atom stereocenters. The maximum Gasteiger partial charge on any atom is 0.339 e. The Kier molecular flexibility index (Phi) is 5.23. The van der Waals surface area contributed by atoms with Gasteiger partial charge in [-0.2, -0.15) is 0 Å². The summed E-state index contributed by atoms with van der Waals surface area (Å²) in [7, 11) is 0. The second-order valence-corrected chi connectivity index (χ2v) is 6.45. The van der Waals surface area contributed by atoms with Crippen LogP contribution in [0.25, 0.3) is 10.2 Å². The topological polar surface area (TPSA) is 61.2 Å². The van der Waals surface area contributed by atoms with E-state index in [-0.39, 0.29) is 28.9 Å². The molecule has 0 saturated heterocycles. The van der Waals surface area contributed by atoms with E-state index in [0.29, 0.717) is 17.0 Å². The highest BCUT2D eigenvalue weighted by Gasteiger charge is 2.19. The van der Waals surface area contributed by atoms with E-state index in [1.54, 1.807) is 23.6 Å². The molecule has 130 valence electrons. The van der Waals surface area contributed by atoms with Gasteiger partial charge >= 0.3 is 5.97 Å². The molecule has 0 aliphatic heterocycles. The number of rotatable bonds is 6. The molecule has 3 aromatic rings. The van der Waals surface area contributed by atoms with Gasteiger partial charge in [0.1, 0.15) is 10.6 Å². The highest BCUT2D eigenvalue weighted by molar-refractivity contribution is 7.17. The van der Waals surface area contributed by atoms with Crippen LogP contribution in [0.5, 0.6) is 0 Å². The molecule has 0 radical (unpaired) electrons. The molecule has 3 rings (SSSR count). The molecule has 0 aliphatic carbocycles. The lowest BCUT2D eigenvalue weighted by Gasteiger charge is -2.07. The Morgan fingerprint density at radius 1 is 1.36 bits per heavy atom. The zero-order valence-electron chi connectivity index (χ0n) is 13.7. The van der Waals surface area contributed by atoms with E-state index in [2.05, 4.69) is 4.98 Å². The van der Waals surface area contributed by atoms with Crippen molar-refractivity contribution in [3.05, 3.63) is 63.3 Å². The number of carbonyl (C=O) groups excluding carboxylic acids is 1. The van der Waals surface area contributed by atoms with Gasteiger partial charge < -0.3 is 4.74 Å². The summed E-state index contributed by atoms with van der Waals surface area (Å²) in [4.78, 5) is 29.7. The standard InChI is InChI=1S/C18H17FN2O3S/c1-2-3-8-24-18(23)13-10-25-16-15(13)17(22)21(11-20-16)9-12-6-4-5-7-14(12)19/h4-7,10-11H,2-3,8-9H2,1H3. The average molecular weight is 360 g/mol. The Bertz CT molecular complexity index is 964. The maximum absolute atomic E-state index is 13.8. The Morgan fingerprint density at radius 3 is 2.92 bits per heavy atom. The monoisotopic (exact) mass is 360 g/mol. The number of hydrogen-bond acceptors (Lipinski definition) is 5. The van der Waals surface area contributed by atoms with Crippen molar-refractivity contribution in [3.8, 4) is 0 Å². The summed E-state index contributed by atoms with van der Waals surface area (Å²) >= 11 is 1.21. The van der Waals surface area contributed by atoms with E-state index in [4.69, 9.17) is 4.74 Å². The van der Waals surface area contributed by atoms with Crippen LogP contribution in [0.15, 0.2) is 40.8 Å². The highest BCUT2D eigenvalue weighted by Crippen LogP contribution is 2.22. The van der Waals surface area contributed by atoms with Gasteiger partial charge in [0, 0.05) is 10.9 Å². The molecule has 7 heteroatoms. The van der Waals surface area contributed by atoms with Crippen LogP contribution in [0, 0.1) is 5.82 Å². The van der Waals surface area contributed by atoms with Crippen molar-refractivity contribution in [3.63, 3.8) is 0 Å². The number of carbonyl (C=O) groups is 1. The fourth-order valence-electron chi connectivity index (χ4n) is 2.43. The molecular formula is C18H17FN2O3S. The van der Waals surface area contributed by atoms with Gasteiger partial charge in [-0.25, -0.2) is 14.2 Å². The minimum atomic E-state index is -0.526. The molecule has 5 nitrogen and oxygen atoms in total. The van der Waals surface area contributed by atoms with Crippen LogP contribution >= 0.6 is 11.3 Å². The second kappa shape index (κ2) is 7.57. The van der Waals surface area contributed by atoms with E-state index in [1.807, 2.05) is 6.92 Å². The quantitative estimate of drug-likeness (QED) is 0.498. The van der Waals surface area contributed by atoms with E-state index >= 15 is 0 Å². The predicted molar refractivity (Wildman–Crippen MR) is 94.6 cm³/mol. The smallest absolute Gasteiger partial charge is 0.339 e. The van der Waals surface area contributed by atoms with E-state index in [1.165, 1.54) is 28.3 Å². The van der Waals surface area contributed by atoms with Crippen LogP contribution in [0.1, 0.15) is 35.7 Å². The number of nitrogens with zero attached hydrogens (tertiary/aromatic N) is 2. The van der Waals surface area contributed by atoms with Crippen LogP contribution in [0.4, 0.5) is 4.39 Å². The molecule has 25 heavy (non-hydrogen) atoms. The number of halogens is 1. The first-order valence-electron chi connectivity index (χ1n) is 7.99. The molecule has 1 aromatic carbocycles. The normalized spacial score (nSPS) is 11.0. The SMILES string of the molecule is CCCCOC(=O)c1csc2ncn(Cc3ccccc3F)c(=O)c12. The van der Waals surface area contributed by atoms with Gasteiger partial charge in [-0.3, -0.25) is 9.36 Å². The molecule has 0 unspecified atom stereocenters. The minimum absolute atomic E-state index is 0.0502. The Labute approximate surface area is 147 Å². The Morgan fingerprint density at radius 2 is 2.16 bits per heavy atom. The number of esters is 1. The molecule has 0 amide bonds. The molecule has 0 spiro atoms. The Hall–Kier alpha value is -2.54. The van der Waals surface area contributed by atoms with Crippen molar-refractivity contribution in [2.24, 2.45) is 0 Å². The third-order valence-corrected chi connectivity index (χ3v) is 4.70. The van der Waals surface area contributed by atoms with Crippen molar-refractivity contribution < 1.29 is 13.9 Å². The third-order valence-electron chi connectivity index (χ3n) is 3.81. The van der Waals surface area contributed by atoms with E-state index < -0.39 is 5.97 Å². The van der Waals surface area contributed by atoms with Crippen molar-refractivity contribution >= 4 is 27.5 Å². The van der Waals surface area contributed by atoms with Gasteiger partial charge in [0.15, 0.2) is 0 Å². The Balaban J connectivity index is 1.96. The van der Waals surface area contributed by atoms with Crippen molar-refractivity contribution in [1.82, 2.24) is 9.55 Å². The number of aromatic nitrogens is 2. The lowest BCUT2D eigenvalue weighted by atomic mass is 10.2. The van der Waals surface area contributed by atoms with Crippen LogP contribution in [0.3, 0.4) is 0 Å². The van der Waals surface area contributed by atoms with Crippen molar-refractivity contribution in [2.75, 3.05) is 6.61 Å². The number of benzene rings is 1. The summed E-state index contributed by atoms with van der Waals surface area (Å²) in [6.07, 6.45) is 3.05. The maximum atomic E-state index is 13.8. The molecule has 2 aromatic heterocycles. The summed E-state index contributed by atoms with van der Waals surface area (Å²) in [6, 6.07) is 6.25. The summed E-state index contributed by atoms with van der Waals surface area (Å²) < 4.78 is 20.3. The van der Waals surface area contributed by atoms with E-state index in [0.717, 1.165) is 12.8 Å². The average Bonchev–Trinajstić information content (AvgIpc) is 3.04. The number of fused-ring (bicyclic) bond motifs is 1. The molecule has 0 saturated carbocycles. The highest BCUT2D eigenvalue weighted by atomic mass is 32.1. The number of hydrogen-bond donors (Lipinski definition) is 0. The van der Waals surface area contributed by atoms with Gasteiger partial charge in [-0.05, 0) is 12.5 Å². The number of unbranched alkanes of at least 4 members (excludes halogenated alkanes) is 1. The first-order chi connectivity index (χ1) is 12.1. The van der Waals surface area contributed by atoms with Gasteiger partial charge in [0.25, 0.3) is 5.56 Å². The summed E-state index contributed by atoms with van der Waals surface area (Å²) in [5, 5.41) is 1.81. The van der Waals surface area contributed by atoms with Crippen LogP contribution < -0.4 is 5.56 Å². The van der Waals surface area contributed by atoms with Crippen molar-refractivity contribution in [2.45, 2.75) is 26.3 Å². The van der Waals surface area contributed by atoms with Crippen LogP contribution in [0.2, 0.25) is 0 Å². The lowest BCUT2D eigenvalue weighted by molar-refractivity contribution is 0.0502. The third kappa shape index (κ3) is 3.61. The first-order valence-corrected chi connectivity index (χ1v) is 8.87. The van der Waals surface area contributed by atoms with Gasteiger partial charge in [-0.1, -0.05) is 31.5 Å². The van der Waals surface area contributed by atoms with Crippen LogP contribution in [-0.4, -0.2) is 22.1 Å². The van der Waals surface area contributed by atoms with Crippen molar-refractivity contribution in [1.29, 1.82) is 0 Å². The summed E-state index contributed by atoms with van der Waals surface area (Å²) in [5.74, 6) is -0.916. The second-order valence-electron chi connectivity index (χ2n) is 5.59. The zero-order chi connectivity index (χ0) is 17.8. The fraction of sp³-hybridized carbons (Fsp3) is 0.278. The lowest BCUT2D eigenvalue weighted by Crippen LogP contribution is -2.22. The first kappa shape index (κ1) is 17.3. The minimum Gasteiger partial charge on any atom is -0.462 e. The van der Waals surface area contributed by atoms with E-state index in [9.17, 15) is 14.0 Å². The number of ether oxygens (including phenoxy) is 1. The molecule has 0 N–H and O–H groups in total. The predicted octanol–water partition coefficient (Wildman–Crippen LogP) is 3.60. The summed E-state index contributed by atoms with van der Waals surface area (Å²) in [6.45, 7) is 2.37. The van der Waals surface area contributed by atoms with Crippen LogP contribution in [-0.2, 0) is 11.3 Å². The molecule has 0 aliphatic rings.